The number of nitro groups is 1. The van der Waals surface area contributed by atoms with Crippen molar-refractivity contribution < 1.29 is 4.92 Å². The third-order valence-electron chi connectivity index (χ3n) is 1.80. The van der Waals surface area contributed by atoms with Gasteiger partial charge in [0.2, 0.25) is 0 Å². The van der Waals surface area contributed by atoms with Crippen molar-refractivity contribution in [2.75, 3.05) is 0 Å². The topological polar surface area (TPSA) is 61.0 Å². The first-order chi connectivity index (χ1) is 7.16. The molecule has 0 saturated carbocycles. The predicted molar refractivity (Wildman–Crippen MR) is 60.0 cm³/mol. The number of thiophene rings is 1. The molecular formula is C8H6BrN3O2S. The number of nitrogens with zero attached hydrogens (tertiary/aromatic N) is 3. The average Bonchev–Trinajstić information content (AvgIpc) is 2.75. The van der Waals surface area contributed by atoms with E-state index in [2.05, 4.69) is 21.0 Å². The summed E-state index contributed by atoms with van der Waals surface area (Å²) in [6.45, 7) is 0.552. The normalized spacial score (nSPS) is 10.5. The van der Waals surface area contributed by atoms with E-state index in [4.69, 9.17) is 0 Å². The van der Waals surface area contributed by atoms with Crippen LogP contribution in [-0.2, 0) is 6.54 Å². The van der Waals surface area contributed by atoms with E-state index in [1.807, 2.05) is 16.8 Å². The molecule has 78 valence electrons. The Bertz CT molecular complexity index is 480. The zero-order valence-corrected chi connectivity index (χ0v) is 9.86. The van der Waals surface area contributed by atoms with Gasteiger partial charge in [-0.05, 0) is 43.2 Å². The average molecular weight is 288 g/mol. The molecule has 5 nitrogen and oxygen atoms in total. The van der Waals surface area contributed by atoms with E-state index in [-0.39, 0.29) is 5.82 Å². The van der Waals surface area contributed by atoms with Gasteiger partial charge in [0, 0.05) is 0 Å². The summed E-state index contributed by atoms with van der Waals surface area (Å²) in [6.07, 6.45) is 1.61. The fourth-order valence-corrected chi connectivity index (χ4v) is 2.28. The maximum Gasteiger partial charge on any atom is 0.404 e. The van der Waals surface area contributed by atoms with Gasteiger partial charge in [0.25, 0.3) is 0 Å². The van der Waals surface area contributed by atoms with Crippen LogP contribution >= 0.6 is 27.3 Å². The van der Waals surface area contributed by atoms with E-state index in [1.165, 1.54) is 0 Å². The van der Waals surface area contributed by atoms with E-state index >= 15 is 0 Å². The van der Waals surface area contributed by atoms with Gasteiger partial charge in [-0.25, -0.2) is 0 Å². The minimum Gasteiger partial charge on any atom is -0.358 e. The summed E-state index contributed by atoms with van der Waals surface area (Å²) in [5.41, 5.74) is 1.09. The van der Waals surface area contributed by atoms with Gasteiger partial charge in [-0.1, -0.05) is 0 Å². The Labute approximate surface area is 97.6 Å². The van der Waals surface area contributed by atoms with Gasteiger partial charge in [0.1, 0.15) is 4.47 Å². The van der Waals surface area contributed by atoms with Crippen molar-refractivity contribution in [3.8, 4) is 0 Å². The molecule has 0 aliphatic rings. The minimum absolute atomic E-state index is 0.148. The Morgan fingerprint density at radius 2 is 2.47 bits per heavy atom. The van der Waals surface area contributed by atoms with Crippen LogP contribution < -0.4 is 0 Å². The van der Waals surface area contributed by atoms with E-state index in [9.17, 15) is 10.1 Å². The van der Waals surface area contributed by atoms with Crippen molar-refractivity contribution in [3.63, 3.8) is 0 Å². The lowest BCUT2D eigenvalue weighted by atomic mass is 10.3. The van der Waals surface area contributed by atoms with Gasteiger partial charge in [-0.3, -0.25) is 0 Å². The molecule has 2 aromatic rings. The summed E-state index contributed by atoms with van der Waals surface area (Å²) in [4.78, 5) is 10.0. The molecule has 0 radical (unpaired) electrons. The van der Waals surface area contributed by atoms with Gasteiger partial charge in [-0.2, -0.15) is 16.0 Å². The Hall–Kier alpha value is -1.21. The molecule has 2 aromatic heterocycles. The number of aromatic nitrogens is 2. The molecule has 0 spiro atoms. The molecule has 0 fully saturated rings. The fourth-order valence-electron chi connectivity index (χ4n) is 1.16. The monoisotopic (exact) mass is 287 g/mol. The van der Waals surface area contributed by atoms with E-state index in [0.29, 0.717) is 11.0 Å². The van der Waals surface area contributed by atoms with Crippen LogP contribution in [0, 0.1) is 10.1 Å². The third-order valence-corrected chi connectivity index (χ3v) is 3.09. The summed E-state index contributed by atoms with van der Waals surface area (Å²) < 4.78 is 1.95. The lowest BCUT2D eigenvalue weighted by Crippen LogP contribution is -1.99. The van der Waals surface area contributed by atoms with Gasteiger partial charge in [-0.15, -0.1) is 0 Å². The highest BCUT2D eigenvalue weighted by Crippen LogP contribution is 2.22. The van der Waals surface area contributed by atoms with Crippen LogP contribution in [0.25, 0.3) is 0 Å². The standard InChI is InChI=1S/C8H6BrN3O2S/c9-7-4-11(10-8(7)12(13)14)3-6-1-2-15-5-6/h1-2,4-5H,3H2. The molecule has 0 aromatic carbocycles. The molecule has 0 N–H and O–H groups in total. The smallest absolute Gasteiger partial charge is 0.358 e. The van der Waals surface area contributed by atoms with Crippen LogP contribution in [0.3, 0.4) is 0 Å². The predicted octanol–water partition coefficient (Wildman–Crippen LogP) is 2.66. The zero-order chi connectivity index (χ0) is 10.8. The van der Waals surface area contributed by atoms with Crippen molar-refractivity contribution in [1.29, 1.82) is 0 Å². The molecule has 0 aliphatic heterocycles. The Morgan fingerprint density at radius 3 is 3.00 bits per heavy atom. The molecular weight excluding hydrogens is 282 g/mol. The quantitative estimate of drug-likeness (QED) is 0.644. The highest BCUT2D eigenvalue weighted by molar-refractivity contribution is 9.10. The second-order valence-corrected chi connectivity index (χ2v) is 4.52. The van der Waals surface area contributed by atoms with Crippen molar-refractivity contribution in [3.05, 3.63) is 43.2 Å². The van der Waals surface area contributed by atoms with Crippen LogP contribution in [-0.4, -0.2) is 14.7 Å². The second kappa shape index (κ2) is 4.11. The van der Waals surface area contributed by atoms with Crippen LogP contribution in [0.15, 0.2) is 27.5 Å². The first-order valence-electron chi connectivity index (χ1n) is 4.05. The van der Waals surface area contributed by atoms with E-state index in [0.717, 1.165) is 5.56 Å². The lowest BCUT2D eigenvalue weighted by Gasteiger charge is -1.91. The first kappa shape index (κ1) is 10.3. The zero-order valence-electron chi connectivity index (χ0n) is 7.46. The number of halogens is 1. The molecule has 0 aliphatic carbocycles. The summed E-state index contributed by atoms with van der Waals surface area (Å²) in [5.74, 6) is -0.148. The Balaban J connectivity index is 2.23. The van der Waals surface area contributed by atoms with Crippen LogP contribution in [0.1, 0.15) is 5.56 Å². The lowest BCUT2D eigenvalue weighted by molar-refractivity contribution is -0.390. The number of rotatable bonds is 3. The van der Waals surface area contributed by atoms with Gasteiger partial charge in [0.15, 0.2) is 0 Å². The molecule has 2 heterocycles. The van der Waals surface area contributed by atoms with Gasteiger partial charge < -0.3 is 10.1 Å². The molecule has 0 amide bonds. The highest BCUT2D eigenvalue weighted by atomic mass is 79.9. The maximum atomic E-state index is 10.5. The molecule has 15 heavy (non-hydrogen) atoms. The molecule has 0 unspecified atom stereocenters. The first-order valence-corrected chi connectivity index (χ1v) is 5.79. The minimum atomic E-state index is -0.506. The van der Waals surface area contributed by atoms with Gasteiger partial charge >= 0.3 is 5.82 Å². The van der Waals surface area contributed by atoms with E-state index in [1.54, 1.807) is 22.2 Å². The highest BCUT2D eigenvalue weighted by Gasteiger charge is 2.18. The molecule has 7 heteroatoms. The Kier molecular flexibility index (Phi) is 2.83. The van der Waals surface area contributed by atoms with Crippen molar-refractivity contribution >= 4 is 33.1 Å². The molecule has 2 rings (SSSR count). The fraction of sp³-hybridized carbons (Fsp3) is 0.125. The molecule has 0 saturated heterocycles. The summed E-state index contributed by atoms with van der Waals surface area (Å²) >= 11 is 4.69. The Morgan fingerprint density at radius 1 is 1.67 bits per heavy atom. The van der Waals surface area contributed by atoms with Crippen LogP contribution in [0.2, 0.25) is 0 Å². The van der Waals surface area contributed by atoms with Crippen molar-refractivity contribution in [2.24, 2.45) is 0 Å². The van der Waals surface area contributed by atoms with E-state index < -0.39 is 4.92 Å². The second-order valence-electron chi connectivity index (χ2n) is 2.89. The summed E-state index contributed by atoms with van der Waals surface area (Å²) in [6, 6.07) is 1.96. The van der Waals surface area contributed by atoms with Crippen molar-refractivity contribution in [2.45, 2.75) is 6.54 Å². The van der Waals surface area contributed by atoms with Crippen LogP contribution in [0.5, 0.6) is 0 Å². The largest absolute Gasteiger partial charge is 0.404 e. The third kappa shape index (κ3) is 2.24. The molecule has 0 atom stereocenters. The van der Waals surface area contributed by atoms with Crippen molar-refractivity contribution in [1.82, 2.24) is 9.78 Å². The maximum absolute atomic E-state index is 10.5. The SMILES string of the molecule is O=[N+]([O-])c1nn(Cc2ccsc2)cc1Br. The number of hydrogen-bond acceptors (Lipinski definition) is 4. The molecule has 0 bridgehead atoms. The van der Waals surface area contributed by atoms with Gasteiger partial charge in [0.05, 0.1) is 17.8 Å². The summed E-state index contributed by atoms with van der Waals surface area (Å²) in [7, 11) is 0. The van der Waals surface area contributed by atoms with Crippen LogP contribution in [0.4, 0.5) is 5.82 Å². The summed E-state index contributed by atoms with van der Waals surface area (Å²) in [5, 5.41) is 18.3. The number of hydrogen-bond donors (Lipinski definition) is 0.